The molecular weight excluding hydrogens is 236 g/mol. The van der Waals surface area contributed by atoms with Crippen LogP contribution in [-0.2, 0) is 0 Å². The SMILES string of the molecule is N#Cc1ccc(N2CCC(N3CCCC3)CC2)cn1. The number of hydrogen-bond acceptors (Lipinski definition) is 4. The molecule has 0 N–H and O–H groups in total. The van der Waals surface area contributed by atoms with Gasteiger partial charge < -0.3 is 9.80 Å². The van der Waals surface area contributed by atoms with E-state index in [-0.39, 0.29) is 0 Å². The Bertz CT molecular complexity index is 448. The number of rotatable bonds is 2. The van der Waals surface area contributed by atoms with Gasteiger partial charge in [0.1, 0.15) is 11.8 Å². The van der Waals surface area contributed by atoms with Crippen molar-refractivity contribution >= 4 is 5.69 Å². The highest BCUT2D eigenvalue weighted by molar-refractivity contribution is 5.46. The highest BCUT2D eigenvalue weighted by Gasteiger charge is 2.26. The lowest BCUT2D eigenvalue weighted by molar-refractivity contribution is 0.208. The monoisotopic (exact) mass is 256 g/mol. The molecule has 4 heteroatoms. The van der Waals surface area contributed by atoms with Crippen LogP contribution < -0.4 is 4.90 Å². The largest absolute Gasteiger partial charge is 0.370 e. The van der Waals surface area contributed by atoms with Gasteiger partial charge in [-0.15, -0.1) is 0 Å². The first-order chi connectivity index (χ1) is 9.36. The minimum absolute atomic E-state index is 0.496. The van der Waals surface area contributed by atoms with Crippen molar-refractivity contribution in [3.8, 4) is 6.07 Å². The Balaban J connectivity index is 1.58. The summed E-state index contributed by atoms with van der Waals surface area (Å²) in [4.78, 5) is 9.21. The van der Waals surface area contributed by atoms with E-state index in [1.54, 1.807) is 0 Å². The van der Waals surface area contributed by atoms with E-state index >= 15 is 0 Å². The van der Waals surface area contributed by atoms with Crippen molar-refractivity contribution in [1.82, 2.24) is 9.88 Å². The second kappa shape index (κ2) is 5.58. The van der Waals surface area contributed by atoms with Crippen LogP contribution in [0.2, 0.25) is 0 Å². The first kappa shape index (κ1) is 12.4. The molecule has 0 atom stereocenters. The fraction of sp³-hybridized carbons (Fsp3) is 0.600. The summed E-state index contributed by atoms with van der Waals surface area (Å²) in [5.74, 6) is 0. The van der Waals surface area contributed by atoms with Crippen molar-refractivity contribution in [1.29, 1.82) is 5.26 Å². The maximum atomic E-state index is 8.76. The topological polar surface area (TPSA) is 43.2 Å². The Hall–Kier alpha value is -1.60. The lowest BCUT2D eigenvalue weighted by Crippen LogP contribution is -2.43. The highest BCUT2D eigenvalue weighted by Crippen LogP contribution is 2.24. The molecule has 0 unspecified atom stereocenters. The maximum Gasteiger partial charge on any atom is 0.140 e. The quantitative estimate of drug-likeness (QED) is 0.812. The van der Waals surface area contributed by atoms with E-state index in [0.717, 1.165) is 24.8 Å². The van der Waals surface area contributed by atoms with E-state index in [2.05, 4.69) is 20.9 Å². The third-order valence-corrected chi connectivity index (χ3v) is 4.35. The van der Waals surface area contributed by atoms with Crippen LogP contribution in [0.4, 0.5) is 5.69 Å². The maximum absolute atomic E-state index is 8.76. The third kappa shape index (κ3) is 2.71. The standard InChI is InChI=1S/C15H20N4/c16-11-13-3-4-15(12-17-13)19-9-5-14(6-10-19)18-7-1-2-8-18/h3-4,12,14H,1-2,5-10H2. The molecule has 3 rings (SSSR count). The summed E-state index contributed by atoms with van der Waals surface area (Å²) in [6.45, 7) is 4.80. The molecule has 0 saturated carbocycles. The van der Waals surface area contributed by atoms with Crippen LogP contribution in [0.15, 0.2) is 18.3 Å². The zero-order chi connectivity index (χ0) is 13.1. The molecule has 0 spiro atoms. The average molecular weight is 256 g/mol. The van der Waals surface area contributed by atoms with E-state index < -0.39 is 0 Å². The predicted molar refractivity (Wildman–Crippen MR) is 75.0 cm³/mol. The summed E-state index contributed by atoms with van der Waals surface area (Å²) in [6.07, 6.45) is 7.08. The number of aromatic nitrogens is 1. The van der Waals surface area contributed by atoms with E-state index in [1.807, 2.05) is 18.3 Å². The molecule has 2 aliphatic heterocycles. The minimum Gasteiger partial charge on any atom is -0.370 e. The van der Waals surface area contributed by atoms with Gasteiger partial charge in [0.25, 0.3) is 0 Å². The van der Waals surface area contributed by atoms with Gasteiger partial charge in [-0.05, 0) is 50.9 Å². The van der Waals surface area contributed by atoms with Crippen LogP contribution in [-0.4, -0.2) is 42.1 Å². The molecule has 2 aliphatic rings. The van der Waals surface area contributed by atoms with Gasteiger partial charge in [-0.1, -0.05) is 0 Å². The third-order valence-electron chi connectivity index (χ3n) is 4.35. The molecule has 1 aromatic rings. The minimum atomic E-state index is 0.496. The lowest BCUT2D eigenvalue weighted by Gasteiger charge is -2.37. The number of likely N-dealkylation sites (tertiary alicyclic amines) is 1. The molecule has 4 nitrogen and oxygen atoms in total. The summed E-state index contributed by atoms with van der Waals surface area (Å²) in [5, 5.41) is 8.76. The molecule has 0 amide bonds. The molecule has 19 heavy (non-hydrogen) atoms. The fourth-order valence-corrected chi connectivity index (χ4v) is 3.24. The summed E-state index contributed by atoms with van der Waals surface area (Å²) < 4.78 is 0. The van der Waals surface area contributed by atoms with Gasteiger partial charge in [-0.2, -0.15) is 5.26 Å². The van der Waals surface area contributed by atoms with Gasteiger partial charge in [0, 0.05) is 19.1 Å². The van der Waals surface area contributed by atoms with Crippen LogP contribution in [0.1, 0.15) is 31.4 Å². The molecule has 0 aromatic carbocycles. The fourth-order valence-electron chi connectivity index (χ4n) is 3.24. The number of piperidine rings is 1. The van der Waals surface area contributed by atoms with Gasteiger partial charge in [-0.3, -0.25) is 0 Å². The molecule has 2 fully saturated rings. The van der Waals surface area contributed by atoms with Crippen molar-refractivity contribution in [3.05, 3.63) is 24.0 Å². The highest BCUT2D eigenvalue weighted by atomic mass is 15.2. The van der Waals surface area contributed by atoms with E-state index in [4.69, 9.17) is 5.26 Å². The normalized spacial score (nSPS) is 21.5. The molecule has 2 saturated heterocycles. The second-order valence-corrected chi connectivity index (χ2v) is 5.47. The summed E-state index contributed by atoms with van der Waals surface area (Å²) in [5.41, 5.74) is 1.65. The molecule has 3 heterocycles. The molecule has 0 bridgehead atoms. The lowest BCUT2D eigenvalue weighted by atomic mass is 10.0. The Morgan fingerprint density at radius 2 is 1.84 bits per heavy atom. The molecule has 100 valence electrons. The van der Waals surface area contributed by atoms with Gasteiger partial charge in [0.2, 0.25) is 0 Å². The van der Waals surface area contributed by atoms with Gasteiger partial charge in [-0.25, -0.2) is 4.98 Å². The molecule has 1 aromatic heterocycles. The van der Waals surface area contributed by atoms with Crippen molar-refractivity contribution in [2.24, 2.45) is 0 Å². The summed E-state index contributed by atoms with van der Waals surface area (Å²) in [6, 6.07) is 6.67. The molecular formula is C15H20N4. The molecule has 0 radical (unpaired) electrons. The number of nitrogens with zero attached hydrogens (tertiary/aromatic N) is 4. The molecule has 0 aliphatic carbocycles. The van der Waals surface area contributed by atoms with E-state index in [9.17, 15) is 0 Å². The smallest absolute Gasteiger partial charge is 0.140 e. The Morgan fingerprint density at radius 3 is 2.42 bits per heavy atom. The van der Waals surface area contributed by atoms with Gasteiger partial charge in [0.15, 0.2) is 0 Å². The van der Waals surface area contributed by atoms with E-state index in [1.165, 1.54) is 38.8 Å². The second-order valence-electron chi connectivity index (χ2n) is 5.47. The van der Waals surface area contributed by atoms with Crippen molar-refractivity contribution < 1.29 is 0 Å². The Morgan fingerprint density at radius 1 is 1.11 bits per heavy atom. The average Bonchev–Trinajstić information content (AvgIpc) is 3.02. The van der Waals surface area contributed by atoms with Crippen LogP contribution in [0, 0.1) is 11.3 Å². The van der Waals surface area contributed by atoms with Gasteiger partial charge in [0.05, 0.1) is 11.9 Å². The van der Waals surface area contributed by atoms with Crippen LogP contribution >= 0.6 is 0 Å². The predicted octanol–water partition coefficient (Wildman–Crippen LogP) is 2.02. The zero-order valence-electron chi connectivity index (χ0n) is 11.3. The first-order valence-corrected chi connectivity index (χ1v) is 7.22. The van der Waals surface area contributed by atoms with Crippen molar-refractivity contribution in [2.75, 3.05) is 31.1 Å². The number of anilines is 1. The number of hydrogen-bond donors (Lipinski definition) is 0. The van der Waals surface area contributed by atoms with Crippen molar-refractivity contribution in [3.63, 3.8) is 0 Å². The first-order valence-electron chi connectivity index (χ1n) is 7.22. The van der Waals surface area contributed by atoms with Crippen LogP contribution in [0.25, 0.3) is 0 Å². The Labute approximate surface area is 114 Å². The number of pyridine rings is 1. The van der Waals surface area contributed by atoms with Gasteiger partial charge >= 0.3 is 0 Å². The zero-order valence-corrected chi connectivity index (χ0v) is 11.3. The summed E-state index contributed by atoms with van der Waals surface area (Å²) in [7, 11) is 0. The van der Waals surface area contributed by atoms with Crippen LogP contribution in [0.5, 0.6) is 0 Å². The number of nitriles is 1. The van der Waals surface area contributed by atoms with Crippen molar-refractivity contribution in [2.45, 2.75) is 31.7 Å². The summed E-state index contributed by atoms with van der Waals surface area (Å²) >= 11 is 0. The van der Waals surface area contributed by atoms with E-state index in [0.29, 0.717) is 5.69 Å². The Kier molecular flexibility index (Phi) is 3.65. The van der Waals surface area contributed by atoms with Crippen LogP contribution in [0.3, 0.4) is 0 Å².